The van der Waals surface area contributed by atoms with Gasteiger partial charge in [-0.2, -0.15) is 0 Å². The van der Waals surface area contributed by atoms with E-state index in [0.717, 1.165) is 18.1 Å². The molecule has 74 valence electrons. The lowest BCUT2D eigenvalue weighted by atomic mass is 9.90. The summed E-state index contributed by atoms with van der Waals surface area (Å²) >= 11 is 5.56. The molecule has 0 bridgehead atoms. The molecule has 13 heavy (non-hydrogen) atoms. The van der Waals surface area contributed by atoms with Crippen molar-refractivity contribution in [2.45, 2.75) is 26.2 Å². The van der Waals surface area contributed by atoms with E-state index in [2.05, 4.69) is 19.2 Å². The molecule has 1 rings (SSSR count). The average molecular weight is 202 g/mol. The van der Waals surface area contributed by atoms with Crippen molar-refractivity contribution in [3.8, 4) is 0 Å². The van der Waals surface area contributed by atoms with Gasteiger partial charge in [-0.25, -0.2) is 0 Å². The summed E-state index contributed by atoms with van der Waals surface area (Å²) in [6.07, 6.45) is 0. The van der Waals surface area contributed by atoms with Crippen molar-refractivity contribution in [3.63, 3.8) is 0 Å². The van der Waals surface area contributed by atoms with E-state index in [-0.39, 0.29) is 5.41 Å². The maximum atomic E-state index is 5.56. The molecule has 0 unspecified atom stereocenters. The third-order valence-corrected chi connectivity index (χ3v) is 2.26. The number of halogens is 1. The lowest BCUT2D eigenvalue weighted by Crippen LogP contribution is -2.31. The lowest BCUT2D eigenvalue weighted by Gasteiger charge is -2.21. The minimum atomic E-state index is 0.00312. The Morgan fingerprint density at radius 1 is 1.46 bits per heavy atom. The minimum absolute atomic E-state index is 0.00312. The van der Waals surface area contributed by atoms with E-state index < -0.39 is 0 Å². The predicted octanol–water partition coefficient (Wildman–Crippen LogP) is 2.65. The number of hydrogen-bond donors (Lipinski definition) is 1. The zero-order chi connectivity index (χ0) is 9.90. The highest BCUT2D eigenvalue weighted by molar-refractivity contribution is 6.17. The summed E-state index contributed by atoms with van der Waals surface area (Å²) in [6.45, 7) is 7.04. The van der Waals surface area contributed by atoms with Crippen LogP contribution in [0, 0.1) is 6.92 Å². The second kappa shape index (κ2) is 4.16. The van der Waals surface area contributed by atoms with Gasteiger partial charge < -0.3 is 9.73 Å². The fourth-order valence-corrected chi connectivity index (χ4v) is 1.34. The summed E-state index contributed by atoms with van der Waals surface area (Å²) in [6, 6.07) is 4.48. The van der Waals surface area contributed by atoms with Crippen molar-refractivity contribution in [2.24, 2.45) is 0 Å². The first-order chi connectivity index (χ1) is 6.06. The summed E-state index contributed by atoms with van der Waals surface area (Å²) < 4.78 is 5.56. The largest absolute Gasteiger partial charge is 0.466 e. The Kier molecular flexibility index (Phi) is 3.40. The molecule has 0 aliphatic carbocycles. The Balaban J connectivity index is 2.68. The second-order valence-corrected chi connectivity index (χ2v) is 4.12. The second-order valence-electron chi connectivity index (χ2n) is 3.85. The number of nitrogens with one attached hydrogen (secondary N) is 1. The first kappa shape index (κ1) is 10.6. The molecule has 1 aromatic rings. The molecule has 0 radical (unpaired) electrons. The maximum Gasteiger partial charge on any atom is 0.111 e. The van der Waals surface area contributed by atoms with Gasteiger partial charge in [-0.05, 0) is 19.1 Å². The zero-order valence-corrected chi connectivity index (χ0v) is 9.11. The molecule has 0 aromatic carbocycles. The van der Waals surface area contributed by atoms with Gasteiger partial charge in [0.25, 0.3) is 0 Å². The van der Waals surface area contributed by atoms with Gasteiger partial charge in [-0.15, -0.1) is 11.6 Å². The number of alkyl halides is 1. The minimum Gasteiger partial charge on any atom is -0.466 e. The van der Waals surface area contributed by atoms with Crippen LogP contribution in [0.3, 0.4) is 0 Å². The van der Waals surface area contributed by atoms with Crippen molar-refractivity contribution < 1.29 is 4.42 Å². The van der Waals surface area contributed by atoms with Crippen LogP contribution in [0.1, 0.15) is 25.4 Å². The summed E-state index contributed by atoms with van der Waals surface area (Å²) in [5, 5.41) is 3.10. The maximum absolute atomic E-state index is 5.56. The molecule has 2 nitrogen and oxygen atoms in total. The molecule has 0 aliphatic heterocycles. The normalized spacial score (nSPS) is 12.0. The van der Waals surface area contributed by atoms with Gasteiger partial charge in [-0.1, -0.05) is 13.8 Å². The molecule has 1 aromatic heterocycles. The van der Waals surface area contributed by atoms with Gasteiger partial charge in [0, 0.05) is 12.0 Å². The first-order valence-corrected chi connectivity index (χ1v) is 4.93. The molecular formula is C10H16ClNO. The molecule has 3 heteroatoms. The quantitative estimate of drug-likeness (QED) is 0.599. The third-order valence-electron chi connectivity index (χ3n) is 2.07. The van der Waals surface area contributed by atoms with Crippen LogP contribution in [0.4, 0.5) is 0 Å². The zero-order valence-electron chi connectivity index (χ0n) is 8.36. The average Bonchev–Trinajstić information content (AvgIpc) is 2.49. The van der Waals surface area contributed by atoms with Crippen LogP contribution in [0.2, 0.25) is 0 Å². The highest BCUT2D eigenvalue weighted by atomic mass is 35.5. The van der Waals surface area contributed by atoms with Crippen LogP contribution in [-0.4, -0.2) is 12.5 Å². The Morgan fingerprint density at radius 2 is 2.15 bits per heavy atom. The molecule has 0 saturated carbocycles. The van der Waals surface area contributed by atoms with Crippen LogP contribution in [0.15, 0.2) is 16.5 Å². The molecule has 0 aliphatic rings. The number of furan rings is 1. The van der Waals surface area contributed by atoms with E-state index in [0.29, 0.717) is 6.00 Å². The Morgan fingerprint density at radius 3 is 2.62 bits per heavy atom. The van der Waals surface area contributed by atoms with Crippen molar-refractivity contribution in [2.75, 3.05) is 12.5 Å². The van der Waals surface area contributed by atoms with Crippen molar-refractivity contribution in [3.05, 3.63) is 23.7 Å². The third kappa shape index (κ3) is 2.75. The Bertz CT molecular complexity index is 268. The SMILES string of the molecule is Cc1ccc(C(C)(C)CNCCl)o1. The van der Waals surface area contributed by atoms with Gasteiger partial charge in [0.05, 0.1) is 6.00 Å². The van der Waals surface area contributed by atoms with Crippen LogP contribution < -0.4 is 5.32 Å². The van der Waals surface area contributed by atoms with E-state index in [4.69, 9.17) is 16.0 Å². The van der Waals surface area contributed by atoms with Crippen LogP contribution in [-0.2, 0) is 5.41 Å². The molecule has 0 amide bonds. The predicted molar refractivity (Wildman–Crippen MR) is 55.2 cm³/mol. The Labute approximate surface area is 84.3 Å². The summed E-state index contributed by atoms with van der Waals surface area (Å²) in [5.74, 6) is 1.96. The number of hydrogen-bond acceptors (Lipinski definition) is 2. The van der Waals surface area contributed by atoms with Gasteiger partial charge in [0.15, 0.2) is 0 Å². The summed E-state index contributed by atoms with van der Waals surface area (Å²) in [4.78, 5) is 0. The van der Waals surface area contributed by atoms with Crippen molar-refractivity contribution in [1.29, 1.82) is 0 Å². The Hall–Kier alpha value is -0.470. The molecule has 1 heterocycles. The number of rotatable bonds is 4. The molecule has 0 spiro atoms. The van der Waals surface area contributed by atoms with E-state index in [1.54, 1.807) is 0 Å². The lowest BCUT2D eigenvalue weighted by molar-refractivity contribution is 0.363. The fraction of sp³-hybridized carbons (Fsp3) is 0.600. The van der Waals surface area contributed by atoms with E-state index in [1.165, 1.54) is 0 Å². The van der Waals surface area contributed by atoms with Crippen molar-refractivity contribution in [1.82, 2.24) is 5.32 Å². The van der Waals surface area contributed by atoms with Crippen LogP contribution in [0.25, 0.3) is 0 Å². The van der Waals surface area contributed by atoms with E-state index >= 15 is 0 Å². The summed E-state index contributed by atoms with van der Waals surface area (Å²) in [5.41, 5.74) is 0.00312. The highest BCUT2D eigenvalue weighted by Crippen LogP contribution is 2.24. The number of aryl methyl sites for hydroxylation is 1. The van der Waals surface area contributed by atoms with E-state index in [1.807, 2.05) is 19.1 Å². The standard InChI is InChI=1S/C10H16ClNO/c1-8-4-5-9(13-8)10(2,3)6-12-7-11/h4-5,12H,6-7H2,1-3H3. The van der Waals surface area contributed by atoms with Crippen LogP contribution in [0.5, 0.6) is 0 Å². The first-order valence-electron chi connectivity index (χ1n) is 4.40. The molecule has 1 N–H and O–H groups in total. The molecule has 0 atom stereocenters. The van der Waals surface area contributed by atoms with Gasteiger partial charge in [0.1, 0.15) is 11.5 Å². The van der Waals surface area contributed by atoms with E-state index in [9.17, 15) is 0 Å². The van der Waals surface area contributed by atoms with Gasteiger partial charge >= 0.3 is 0 Å². The molecule has 0 fully saturated rings. The summed E-state index contributed by atoms with van der Waals surface area (Å²) in [7, 11) is 0. The van der Waals surface area contributed by atoms with Gasteiger partial charge in [-0.3, -0.25) is 0 Å². The molecule has 0 saturated heterocycles. The molecular weight excluding hydrogens is 186 g/mol. The highest BCUT2D eigenvalue weighted by Gasteiger charge is 2.23. The smallest absolute Gasteiger partial charge is 0.111 e. The topological polar surface area (TPSA) is 25.2 Å². The van der Waals surface area contributed by atoms with Crippen molar-refractivity contribution >= 4 is 11.6 Å². The van der Waals surface area contributed by atoms with Gasteiger partial charge in [0.2, 0.25) is 0 Å². The fourth-order valence-electron chi connectivity index (χ4n) is 1.25. The monoisotopic (exact) mass is 201 g/mol. The van der Waals surface area contributed by atoms with Crippen LogP contribution >= 0.6 is 11.6 Å².